The topological polar surface area (TPSA) is 42.4 Å². The Morgan fingerprint density at radius 2 is 1.85 bits per heavy atom. The van der Waals surface area contributed by atoms with Gasteiger partial charge in [0.05, 0.1) is 12.2 Å². The van der Waals surface area contributed by atoms with Gasteiger partial charge in [0, 0.05) is 16.9 Å². The number of anilines is 1. The molecule has 1 heterocycles. The highest BCUT2D eigenvalue weighted by atomic mass is 35.5. The zero-order valence-electron chi connectivity index (χ0n) is 15.4. The lowest BCUT2D eigenvalue weighted by Gasteiger charge is -2.23. The fraction of sp³-hybridized carbons (Fsp3) is 0.182. The summed E-state index contributed by atoms with van der Waals surface area (Å²) in [6.07, 6.45) is 1.71. The summed E-state index contributed by atoms with van der Waals surface area (Å²) in [5.41, 5.74) is 3.63. The molecule has 1 amide bonds. The van der Waals surface area contributed by atoms with Crippen LogP contribution in [0.1, 0.15) is 16.8 Å². The van der Waals surface area contributed by atoms with E-state index < -0.39 is 0 Å². The molecule has 0 aliphatic carbocycles. The van der Waals surface area contributed by atoms with Crippen LogP contribution in [0.25, 0.3) is 0 Å². The number of ether oxygens (including phenoxy) is 1. The minimum atomic E-state index is -0.149. The van der Waals surface area contributed by atoms with Crippen LogP contribution in [-0.2, 0) is 11.3 Å². The average molecular weight is 381 g/mol. The van der Waals surface area contributed by atoms with Crippen molar-refractivity contribution in [1.82, 2.24) is 4.98 Å². The first-order chi connectivity index (χ1) is 13.0. The van der Waals surface area contributed by atoms with Gasteiger partial charge in [0.2, 0.25) is 0 Å². The SMILES string of the molecule is Cc1ccc(C)c(OCC(=O)N(Cc2ccccn2)c2ccc(Cl)cc2)c1. The van der Waals surface area contributed by atoms with Gasteiger partial charge in [-0.25, -0.2) is 0 Å². The highest BCUT2D eigenvalue weighted by Gasteiger charge is 2.18. The first kappa shape index (κ1) is 18.9. The van der Waals surface area contributed by atoms with Crippen LogP contribution in [0.4, 0.5) is 5.69 Å². The van der Waals surface area contributed by atoms with Crippen LogP contribution in [-0.4, -0.2) is 17.5 Å². The Balaban J connectivity index is 1.79. The first-order valence-electron chi connectivity index (χ1n) is 8.69. The van der Waals surface area contributed by atoms with Gasteiger partial charge in [0.25, 0.3) is 5.91 Å². The second kappa shape index (κ2) is 8.69. The molecule has 0 atom stereocenters. The van der Waals surface area contributed by atoms with Crippen LogP contribution >= 0.6 is 11.6 Å². The molecule has 0 N–H and O–H groups in total. The first-order valence-corrected chi connectivity index (χ1v) is 9.06. The molecule has 3 aromatic rings. The molecule has 3 rings (SSSR count). The summed E-state index contributed by atoms with van der Waals surface area (Å²) in [7, 11) is 0. The van der Waals surface area contributed by atoms with Gasteiger partial charge in [-0.2, -0.15) is 0 Å². The molecular weight excluding hydrogens is 360 g/mol. The summed E-state index contributed by atoms with van der Waals surface area (Å²) < 4.78 is 5.81. The molecule has 4 nitrogen and oxygen atoms in total. The normalized spacial score (nSPS) is 10.5. The molecule has 0 bridgehead atoms. The third-order valence-corrected chi connectivity index (χ3v) is 4.43. The maximum absolute atomic E-state index is 12.9. The van der Waals surface area contributed by atoms with Crippen LogP contribution in [0.15, 0.2) is 66.9 Å². The van der Waals surface area contributed by atoms with E-state index >= 15 is 0 Å². The van der Waals surface area contributed by atoms with Gasteiger partial charge in [-0.05, 0) is 67.4 Å². The monoisotopic (exact) mass is 380 g/mol. The molecule has 0 aliphatic rings. The molecule has 0 unspecified atom stereocenters. The lowest BCUT2D eigenvalue weighted by atomic mass is 10.1. The molecule has 0 saturated heterocycles. The molecule has 0 fully saturated rings. The summed E-state index contributed by atoms with van der Waals surface area (Å²) >= 11 is 5.99. The minimum Gasteiger partial charge on any atom is -0.483 e. The fourth-order valence-electron chi connectivity index (χ4n) is 2.68. The van der Waals surface area contributed by atoms with Crippen molar-refractivity contribution in [3.05, 3.63) is 88.7 Å². The number of rotatable bonds is 6. The van der Waals surface area contributed by atoms with Crippen LogP contribution in [0.3, 0.4) is 0 Å². The zero-order chi connectivity index (χ0) is 19.2. The number of amides is 1. The molecule has 0 saturated carbocycles. The van der Waals surface area contributed by atoms with Gasteiger partial charge in [-0.15, -0.1) is 0 Å². The predicted octanol–water partition coefficient (Wildman–Crippen LogP) is 4.96. The molecule has 0 spiro atoms. The third-order valence-electron chi connectivity index (χ3n) is 4.18. The number of benzene rings is 2. The molecule has 5 heteroatoms. The van der Waals surface area contributed by atoms with Crippen molar-refractivity contribution in [2.75, 3.05) is 11.5 Å². The standard InChI is InChI=1S/C22H21ClN2O2/c1-16-6-7-17(2)21(13-16)27-15-22(26)25(14-19-5-3-4-12-24-19)20-10-8-18(23)9-11-20/h3-13H,14-15H2,1-2H3. The van der Waals surface area contributed by atoms with Crippen molar-refractivity contribution >= 4 is 23.2 Å². The summed E-state index contributed by atoms with van der Waals surface area (Å²) in [6.45, 7) is 4.26. The Hall–Kier alpha value is -2.85. The van der Waals surface area contributed by atoms with Gasteiger partial charge in [0.15, 0.2) is 6.61 Å². The van der Waals surface area contributed by atoms with Gasteiger partial charge >= 0.3 is 0 Å². The van der Waals surface area contributed by atoms with E-state index in [0.717, 1.165) is 28.3 Å². The molecular formula is C22H21ClN2O2. The third kappa shape index (κ3) is 5.08. The smallest absolute Gasteiger partial charge is 0.265 e. The van der Waals surface area contributed by atoms with Crippen LogP contribution < -0.4 is 9.64 Å². The largest absolute Gasteiger partial charge is 0.483 e. The number of hydrogen-bond donors (Lipinski definition) is 0. The van der Waals surface area contributed by atoms with E-state index in [2.05, 4.69) is 4.98 Å². The minimum absolute atomic E-state index is 0.0558. The second-order valence-electron chi connectivity index (χ2n) is 6.34. The van der Waals surface area contributed by atoms with Gasteiger partial charge in [0.1, 0.15) is 5.75 Å². The van der Waals surface area contributed by atoms with Crippen molar-refractivity contribution in [3.63, 3.8) is 0 Å². The predicted molar refractivity (Wildman–Crippen MR) is 108 cm³/mol. The summed E-state index contributed by atoms with van der Waals surface area (Å²) in [5.74, 6) is 0.570. The number of hydrogen-bond acceptors (Lipinski definition) is 3. The van der Waals surface area contributed by atoms with Gasteiger partial charge in [-0.1, -0.05) is 29.8 Å². The number of pyridine rings is 1. The quantitative estimate of drug-likeness (QED) is 0.606. The number of nitrogens with zero attached hydrogens (tertiary/aromatic N) is 2. The summed E-state index contributed by atoms with van der Waals surface area (Å²) in [4.78, 5) is 18.9. The maximum Gasteiger partial charge on any atom is 0.265 e. The summed E-state index contributed by atoms with van der Waals surface area (Å²) in [6, 6.07) is 18.8. The van der Waals surface area contributed by atoms with E-state index in [4.69, 9.17) is 16.3 Å². The van der Waals surface area contributed by atoms with Crippen molar-refractivity contribution in [1.29, 1.82) is 0 Å². The molecule has 0 radical (unpaired) electrons. The Morgan fingerprint density at radius 3 is 2.56 bits per heavy atom. The van der Waals surface area contributed by atoms with Crippen molar-refractivity contribution in [2.24, 2.45) is 0 Å². The van der Waals surface area contributed by atoms with E-state index in [0.29, 0.717) is 11.6 Å². The Morgan fingerprint density at radius 1 is 1.07 bits per heavy atom. The average Bonchev–Trinajstić information content (AvgIpc) is 2.68. The molecule has 27 heavy (non-hydrogen) atoms. The van der Waals surface area contributed by atoms with E-state index in [1.807, 2.05) is 62.4 Å². The van der Waals surface area contributed by atoms with E-state index in [9.17, 15) is 4.79 Å². The van der Waals surface area contributed by atoms with E-state index in [1.165, 1.54) is 0 Å². The molecule has 2 aromatic carbocycles. The van der Waals surface area contributed by atoms with Crippen LogP contribution in [0.2, 0.25) is 5.02 Å². The van der Waals surface area contributed by atoms with Crippen LogP contribution in [0, 0.1) is 13.8 Å². The lowest BCUT2D eigenvalue weighted by molar-refractivity contribution is -0.120. The number of carbonyl (C=O) groups excluding carboxylic acids is 1. The van der Waals surface area contributed by atoms with Gasteiger partial charge in [-0.3, -0.25) is 9.78 Å². The Bertz CT molecular complexity index is 911. The number of aryl methyl sites for hydroxylation is 2. The highest BCUT2D eigenvalue weighted by molar-refractivity contribution is 6.30. The lowest BCUT2D eigenvalue weighted by Crippen LogP contribution is -2.34. The highest BCUT2D eigenvalue weighted by Crippen LogP contribution is 2.22. The van der Waals surface area contributed by atoms with Crippen molar-refractivity contribution in [2.45, 2.75) is 20.4 Å². The van der Waals surface area contributed by atoms with Crippen molar-refractivity contribution < 1.29 is 9.53 Å². The van der Waals surface area contributed by atoms with Crippen LogP contribution in [0.5, 0.6) is 5.75 Å². The molecule has 0 aliphatic heterocycles. The second-order valence-corrected chi connectivity index (χ2v) is 6.77. The Kier molecular flexibility index (Phi) is 6.09. The fourth-order valence-corrected chi connectivity index (χ4v) is 2.80. The van der Waals surface area contributed by atoms with Crippen molar-refractivity contribution in [3.8, 4) is 5.75 Å². The molecule has 138 valence electrons. The number of aromatic nitrogens is 1. The summed E-state index contributed by atoms with van der Waals surface area (Å²) in [5, 5.41) is 0.621. The number of halogens is 1. The molecule has 1 aromatic heterocycles. The maximum atomic E-state index is 12.9. The van der Waals surface area contributed by atoms with Gasteiger partial charge < -0.3 is 9.64 Å². The van der Waals surface area contributed by atoms with E-state index in [1.54, 1.807) is 23.2 Å². The zero-order valence-corrected chi connectivity index (χ0v) is 16.1. The van der Waals surface area contributed by atoms with E-state index in [-0.39, 0.29) is 12.5 Å². The number of carbonyl (C=O) groups is 1. The Labute approximate surface area is 164 Å².